The normalized spacial score (nSPS) is 9.16. The highest BCUT2D eigenvalue weighted by Gasteiger charge is 2.23. The van der Waals surface area contributed by atoms with Crippen molar-refractivity contribution in [3.8, 4) is 11.8 Å². The molecule has 0 radical (unpaired) electrons. The van der Waals surface area contributed by atoms with Gasteiger partial charge in [0, 0.05) is 12.0 Å². The molecule has 1 aromatic carbocycles. The number of hydrogen-bond donors (Lipinski definition) is 1. The third-order valence-corrected chi connectivity index (χ3v) is 2.01. The van der Waals surface area contributed by atoms with Crippen LogP contribution in [0.2, 0.25) is 0 Å². The van der Waals surface area contributed by atoms with Gasteiger partial charge in [0.1, 0.15) is 11.4 Å². The third kappa shape index (κ3) is 3.26. The van der Waals surface area contributed by atoms with Crippen molar-refractivity contribution in [2.75, 3.05) is 7.11 Å². The average molecular weight is 266 g/mol. The van der Waals surface area contributed by atoms with Crippen LogP contribution in [0.4, 0.5) is 10.1 Å². The lowest BCUT2D eigenvalue weighted by Gasteiger charge is -2.02. The number of hydrogen-bond acceptors (Lipinski definition) is 5. The van der Waals surface area contributed by atoms with Crippen LogP contribution >= 0.6 is 0 Å². The maximum atomic E-state index is 13.6. The zero-order valence-corrected chi connectivity index (χ0v) is 9.60. The van der Waals surface area contributed by atoms with Crippen molar-refractivity contribution in [2.45, 2.75) is 0 Å². The van der Waals surface area contributed by atoms with E-state index in [1.165, 1.54) is 0 Å². The Morgan fingerprint density at radius 2 is 2.11 bits per heavy atom. The average Bonchev–Trinajstić information content (AvgIpc) is 2.35. The number of benzene rings is 1. The van der Waals surface area contributed by atoms with Gasteiger partial charge >= 0.3 is 5.97 Å². The van der Waals surface area contributed by atoms with Gasteiger partial charge in [0.2, 0.25) is 0 Å². The Hall–Kier alpha value is -2.95. The Kier molecular flexibility index (Phi) is 4.15. The number of carbonyl (C=O) groups excluding carboxylic acids is 2. The molecule has 0 aromatic heterocycles. The number of nitro groups is 1. The molecule has 0 saturated carbocycles. The Morgan fingerprint density at radius 1 is 1.47 bits per heavy atom. The minimum Gasteiger partial charge on any atom is -0.465 e. The molecule has 98 valence electrons. The molecule has 0 aliphatic rings. The Labute approximate surface area is 106 Å². The van der Waals surface area contributed by atoms with Crippen molar-refractivity contribution >= 4 is 17.6 Å². The van der Waals surface area contributed by atoms with Crippen LogP contribution in [0.25, 0.3) is 0 Å². The number of methoxy groups -OCH3 is 1. The van der Waals surface area contributed by atoms with E-state index >= 15 is 0 Å². The van der Waals surface area contributed by atoms with E-state index in [0.717, 1.165) is 13.2 Å². The predicted molar refractivity (Wildman–Crippen MR) is 60.5 cm³/mol. The van der Waals surface area contributed by atoms with Gasteiger partial charge in [-0.2, -0.15) is 0 Å². The van der Waals surface area contributed by atoms with Gasteiger partial charge in [-0.15, -0.1) is 0 Å². The summed E-state index contributed by atoms with van der Waals surface area (Å²) in [4.78, 5) is 31.6. The topological polar surface area (TPSA) is 113 Å². The van der Waals surface area contributed by atoms with Crippen LogP contribution in [-0.2, 0) is 9.53 Å². The van der Waals surface area contributed by atoms with E-state index in [2.05, 4.69) is 4.74 Å². The summed E-state index contributed by atoms with van der Waals surface area (Å²) in [6.07, 6.45) is 0. The molecular weight excluding hydrogens is 259 g/mol. The van der Waals surface area contributed by atoms with Gasteiger partial charge in [0.15, 0.2) is 0 Å². The van der Waals surface area contributed by atoms with E-state index in [1.807, 2.05) is 11.8 Å². The fourth-order valence-corrected chi connectivity index (χ4v) is 1.21. The minimum atomic E-state index is -1.06. The molecule has 0 heterocycles. The summed E-state index contributed by atoms with van der Waals surface area (Å²) in [6.45, 7) is 0. The lowest BCUT2D eigenvalue weighted by atomic mass is 10.1. The molecule has 1 aromatic rings. The molecule has 0 aliphatic heterocycles. The van der Waals surface area contributed by atoms with Crippen LogP contribution in [0, 0.1) is 27.8 Å². The van der Waals surface area contributed by atoms with Gasteiger partial charge in [-0.05, 0) is 6.07 Å². The summed E-state index contributed by atoms with van der Waals surface area (Å²) in [5, 5.41) is 10.8. The molecular formula is C11H7FN2O5. The number of rotatable bonds is 2. The Balaban J connectivity index is 3.46. The predicted octanol–water partition coefficient (Wildman–Crippen LogP) is 0.357. The fraction of sp³-hybridized carbons (Fsp3) is 0.0909. The number of nitrogens with zero attached hydrogens (tertiary/aromatic N) is 1. The van der Waals surface area contributed by atoms with E-state index in [1.54, 1.807) is 0 Å². The van der Waals surface area contributed by atoms with E-state index in [4.69, 9.17) is 5.73 Å². The maximum absolute atomic E-state index is 13.6. The second-order valence-corrected chi connectivity index (χ2v) is 3.21. The molecule has 1 amide bonds. The smallest absolute Gasteiger partial charge is 0.344 e. The van der Waals surface area contributed by atoms with E-state index in [-0.39, 0.29) is 0 Å². The summed E-state index contributed by atoms with van der Waals surface area (Å²) in [7, 11) is 1.00. The first-order valence-electron chi connectivity index (χ1n) is 4.74. The van der Waals surface area contributed by atoms with Gasteiger partial charge in [-0.3, -0.25) is 14.9 Å². The number of nitrogens with two attached hydrogens (primary N) is 1. The van der Waals surface area contributed by atoms with Crippen LogP contribution in [0.5, 0.6) is 0 Å². The first-order chi connectivity index (χ1) is 8.86. The van der Waals surface area contributed by atoms with Crippen molar-refractivity contribution in [1.82, 2.24) is 0 Å². The zero-order chi connectivity index (χ0) is 14.6. The minimum absolute atomic E-state index is 0.418. The van der Waals surface area contributed by atoms with Gasteiger partial charge in [0.25, 0.3) is 11.6 Å². The van der Waals surface area contributed by atoms with Crippen molar-refractivity contribution < 1.29 is 23.6 Å². The lowest BCUT2D eigenvalue weighted by molar-refractivity contribution is -0.385. The summed E-state index contributed by atoms with van der Waals surface area (Å²) in [6, 6.07) is 1.35. The highest BCUT2D eigenvalue weighted by atomic mass is 19.1. The maximum Gasteiger partial charge on any atom is 0.344 e. The Bertz CT molecular complexity index is 630. The molecule has 7 nitrogen and oxygen atoms in total. The largest absolute Gasteiger partial charge is 0.465 e. The molecule has 0 atom stereocenters. The second-order valence-electron chi connectivity index (χ2n) is 3.21. The molecule has 2 N–H and O–H groups in total. The van der Waals surface area contributed by atoms with Gasteiger partial charge in [0.05, 0.1) is 17.6 Å². The van der Waals surface area contributed by atoms with Crippen LogP contribution < -0.4 is 5.73 Å². The van der Waals surface area contributed by atoms with Crippen LogP contribution in [0.3, 0.4) is 0 Å². The number of halogens is 1. The van der Waals surface area contributed by atoms with Gasteiger partial charge in [-0.25, -0.2) is 9.18 Å². The number of ether oxygens (including phenoxy) is 1. The monoisotopic (exact) mass is 266 g/mol. The Morgan fingerprint density at radius 3 is 2.58 bits per heavy atom. The molecule has 1 rings (SSSR count). The van der Waals surface area contributed by atoms with Gasteiger partial charge in [-0.1, -0.05) is 5.92 Å². The zero-order valence-electron chi connectivity index (χ0n) is 9.60. The summed E-state index contributed by atoms with van der Waals surface area (Å²) >= 11 is 0. The molecule has 0 fully saturated rings. The summed E-state index contributed by atoms with van der Waals surface area (Å²) in [5.41, 5.74) is 3.10. The quantitative estimate of drug-likeness (QED) is 0.359. The molecule has 0 bridgehead atoms. The van der Waals surface area contributed by atoms with E-state index in [0.29, 0.717) is 6.07 Å². The van der Waals surface area contributed by atoms with E-state index in [9.17, 15) is 24.1 Å². The lowest BCUT2D eigenvalue weighted by Crippen LogP contribution is -2.08. The number of carbonyl (C=O) groups is 2. The molecule has 8 heteroatoms. The van der Waals surface area contributed by atoms with Crippen LogP contribution in [0.15, 0.2) is 12.1 Å². The molecule has 0 saturated heterocycles. The standard InChI is InChI=1S/C11H7FN2O5/c1-19-11(16)7-5-8(12)6(2-3-10(13)15)4-9(7)14(17)18/h4-5H,1H3,(H2,13,15). The highest BCUT2D eigenvalue weighted by Crippen LogP contribution is 2.23. The number of primary amides is 1. The van der Waals surface area contributed by atoms with Crippen molar-refractivity contribution in [3.63, 3.8) is 0 Å². The molecule has 0 spiro atoms. The molecule has 0 aliphatic carbocycles. The number of amides is 1. The highest BCUT2D eigenvalue weighted by molar-refractivity contribution is 5.95. The van der Waals surface area contributed by atoms with Crippen LogP contribution in [-0.4, -0.2) is 23.9 Å². The van der Waals surface area contributed by atoms with Gasteiger partial charge < -0.3 is 10.5 Å². The number of esters is 1. The summed E-state index contributed by atoms with van der Waals surface area (Å²) in [5.74, 6) is 0.807. The fourth-order valence-electron chi connectivity index (χ4n) is 1.21. The van der Waals surface area contributed by atoms with Crippen molar-refractivity contribution in [3.05, 3.63) is 39.2 Å². The molecule has 0 unspecified atom stereocenters. The first kappa shape index (κ1) is 14.1. The van der Waals surface area contributed by atoms with Crippen molar-refractivity contribution in [2.24, 2.45) is 5.73 Å². The first-order valence-corrected chi connectivity index (χ1v) is 4.74. The molecule has 19 heavy (non-hydrogen) atoms. The SMILES string of the molecule is COC(=O)c1cc(F)c(C#CC(N)=O)cc1[N+](=O)[O-]. The van der Waals surface area contributed by atoms with Crippen LogP contribution in [0.1, 0.15) is 15.9 Å². The second kappa shape index (κ2) is 5.59. The third-order valence-electron chi connectivity index (χ3n) is 2.01. The number of nitro benzene ring substituents is 1. The van der Waals surface area contributed by atoms with Crippen molar-refractivity contribution in [1.29, 1.82) is 0 Å². The summed E-state index contributed by atoms with van der Waals surface area (Å²) < 4.78 is 17.9. The van der Waals surface area contributed by atoms with E-state index < -0.39 is 39.4 Å².